The maximum Gasteiger partial charge on any atom is 0.431 e. The van der Waals surface area contributed by atoms with Crippen LogP contribution in [0, 0.1) is 5.82 Å². The molecular weight excluding hydrogens is 346 g/mol. The van der Waals surface area contributed by atoms with Crippen LogP contribution in [0.25, 0.3) is 5.69 Å². The smallest absolute Gasteiger partial charge is 0.411 e. The van der Waals surface area contributed by atoms with Gasteiger partial charge >= 0.3 is 11.9 Å². The van der Waals surface area contributed by atoms with E-state index in [1.165, 1.54) is 4.98 Å². The number of rotatable bonds is 2. The van der Waals surface area contributed by atoms with Crippen molar-refractivity contribution < 1.29 is 22.8 Å². The molecule has 0 saturated heterocycles. The number of nitrogens with zero attached hydrogens (tertiary/aromatic N) is 2. The van der Waals surface area contributed by atoms with Crippen LogP contribution in [-0.4, -0.2) is 21.0 Å². The number of alkyl halides is 3. The standard InChI is InChI=1S/C12H6ClF4N3O3/c13-6-2-7(14)8(1-5(6)4-18-23)20-10(21)3-9(12(15,16)17)19-11(20)22/h1-4,23H,(H,19,22)/b18-4+. The summed E-state index contributed by atoms with van der Waals surface area (Å²) < 4.78 is 51.7. The molecule has 1 aromatic carbocycles. The lowest BCUT2D eigenvalue weighted by molar-refractivity contribution is -0.141. The number of hydrogen-bond donors (Lipinski definition) is 2. The van der Waals surface area contributed by atoms with Gasteiger partial charge in [0.15, 0.2) is 0 Å². The van der Waals surface area contributed by atoms with E-state index in [4.69, 9.17) is 16.8 Å². The topological polar surface area (TPSA) is 87.5 Å². The molecule has 0 bridgehead atoms. The molecule has 2 aromatic rings. The van der Waals surface area contributed by atoms with Crippen molar-refractivity contribution in [1.82, 2.24) is 9.55 Å². The van der Waals surface area contributed by atoms with Crippen LogP contribution in [0.2, 0.25) is 5.02 Å². The van der Waals surface area contributed by atoms with Crippen LogP contribution >= 0.6 is 11.6 Å². The van der Waals surface area contributed by atoms with Gasteiger partial charge in [0, 0.05) is 11.6 Å². The van der Waals surface area contributed by atoms with Gasteiger partial charge in [0.2, 0.25) is 0 Å². The summed E-state index contributed by atoms with van der Waals surface area (Å²) in [4.78, 5) is 25.0. The minimum atomic E-state index is -4.94. The fraction of sp³-hybridized carbons (Fsp3) is 0.0833. The number of nitrogens with one attached hydrogen (secondary N) is 1. The number of halogens is 5. The lowest BCUT2D eigenvalue weighted by atomic mass is 10.2. The zero-order valence-electron chi connectivity index (χ0n) is 10.9. The largest absolute Gasteiger partial charge is 0.431 e. The molecule has 0 atom stereocenters. The van der Waals surface area contributed by atoms with Gasteiger partial charge in [-0.15, -0.1) is 0 Å². The summed E-state index contributed by atoms with van der Waals surface area (Å²) in [6, 6.07) is 1.72. The van der Waals surface area contributed by atoms with Gasteiger partial charge in [0.05, 0.1) is 16.9 Å². The third-order valence-electron chi connectivity index (χ3n) is 2.74. The highest BCUT2D eigenvalue weighted by molar-refractivity contribution is 6.33. The monoisotopic (exact) mass is 351 g/mol. The molecule has 0 aliphatic heterocycles. The van der Waals surface area contributed by atoms with Gasteiger partial charge in [0.25, 0.3) is 5.56 Å². The van der Waals surface area contributed by atoms with E-state index in [2.05, 4.69) is 5.16 Å². The Bertz CT molecular complexity index is 871. The van der Waals surface area contributed by atoms with Gasteiger partial charge in [0.1, 0.15) is 11.5 Å². The first kappa shape index (κ1) is 16.7. The lowest BCUT2D eigenvalue weighted by Gasteiger charge is -2.10. The molecule has 122 valence electrons. The van der Waals surface area contributed by atoms with Crippen LogP contribution in [0.3, 0.4) is 0 Å². The highest BCUT2D eigenvalue weighted by Crippen LogP contribution is 2.26. The fourth-order valence-corrected chi connectivity index (χ4v) is 1.96. The summed E-state index contributed by atoms with van der Waals surface area (Å²) >= 11 is 5.67. The number of hydrogen-bond acceptors (Lipinski definition) is 4. The molecule has 23 heavy (non-hydrogen) atoms. The predicted octanol–water partition coefficient (Wildman–Crippen LogP) is 2.15. The zero-order chi connectivity index (χ0) is 17.4. The normalized spacial score (nSPS) is 12.0. The summed E-state index contributed by atoms with van der Waals surface area (Å²) in [5.74, 6) is -1.13. The lowest BCUT2D eigenvalue weighted by Crippen LogP contribution is -2.36. The highest BCUT2D eigenvalue weighted by Gasteiger charge is 2.33. The van der Waals surface area contributed by atoms with E-state index < -0.39 is 34.6 Å². The van der Waals surface area contributed by atoms with Crippen LogP contribution < -0.4 is 11.2 Å². The first-order valence-corrected chi connectivity index (χ1v) is 6.13. The van der Waals surface area contributed by atoms with Gasteiger partial charge < -0.3 is 10.2 Å². The van der Waals surface area contributed by atoms with E-state index in [0.717, 1.165) is 18.3 Å². The Labute approximate surface area is 129 Å². The molecule has 1 heterocycles. The van der Waals surface area contributed by atoms with Gasteiger partial charge in [-0.2, -0.15) is 13.2 Å². The Morgan fingerprint density at radius 1 is 1.26 bits per heavy atom. The van der Waals surface area contributed by atoms with E-state index in [1.807, 2.05) is 0 Å². The Kier molecular flexibility index (Phi) is 4.28. The van der Waals surface area contributed by atoms with E-state index in [-0.39, 0.29) is 21.2 Å². The van der Waals surface area contributed by atoms with Crippen molar-refractivity contribution in [3.63, 3.8) is 0 Å². The van der Waals surface area contributed by atoms with Crippen molar-refractivity contribution in [3.8, 4) is 5.69 Å². The minimum Gasteiger partial charge on any atom is -0.411 e. The zero-order valence-corrected chi connectivity index (χ0v) is 11.6. The molecule has 2 rings (SSSR count). The summed E-state index contributed by atoms with van der Waals surface area (Å²) in [6.45, 7) is 0. The summed E-state index contributed by atoms with van der Waals surface area (Å²) in [6.07, 6.45) is -4.14. The average Bonchev–Trinajstić information content (AvgIpc) is 2.41. The Balaban J connectivity index is 2.76. The molecule has 0 fully saturated rings. The molecule has 2 N–H and O–H groups in total. The van der Waals surface area contributed by atoms with Crippen LogP contribution in [0.15, 0.2) is 32.9 Å². The quantitative estimate of drug-likeness (QED) is 0.376. The first-order chi connectivity index (χ1) is 10.6. The molecule has 1 aromatic heterocycles. The third-order valence-corrected chi connectivity index (χ3v) is 3.07. The molecule has 11 heteroatoms. The van der Waals surface area contributed by atoms with Crippen LogP contribution in [0.5, 0.6) is 0 Å². The van der Waals surface area contributed by atoms with E-state index in [1.54, 1.807) is 0 Å². The van der Waals surface area contributed by atoms with Gasteiger partial charge in [-0.25, -0.2) is 13.8 Å². The fourth-order valence-electron chi connectivity index (χ4n) is 1.76. The van der Waals surface area contributed by atoms with Crippen LogP contribution in [0.1, 0.15) is 11.3 Å². The SMILES string of the molecule is O=c1cc(C(F)(F)F)[nH]c(=O)n1-c1cc(/C=N/O)c(Cl)cc1F. The Morgan fingerprint density at radius 3 is 2.43 bits per heavy atom. The van der Waals surface area contributed by atoms with Gasteiger partial charge in [-0.05, 0) is 12.1 Å². The molecule has 0 unspecified atom stereocenters. The molecule has 0 radical (unpaired) electrons. The van der Waals surface area contributed by atoms with Crippen LogP contribution in [-0.2, 0) is 6.18 Å². The Morgan fingerprint density at radius 2 is 1.91 bits per heavy atom. The van der Waals surface area contributed by atoms with E-state index in [0.29, 0.717) is 0 Å². The summed E-state index contributed by atoms with van der Waals surface area (Å²) in [5, 5.41) is 10.9. The number of H-pyrrole nitrogens is 1. The van der Waals surface area contributed by atoms with Crippen molar-refractivity contribution in [2.24, 2.45) is 5.16 Å². The van der Waals surface area contributed by atoms with Crippen molar-refractivity contribution in [2.75, 3.05) is 0 Å². The maximum absolute atomic E-state index is 13.9. The average molecular weight is 352 g/mol. The van der Waals surface area contributed by atoms with Gasteiger partial charge in [-0.1, -0.05) is 16.8 Å². The van der Waals surface area contributed by atoms with Gasteiger partial charge in [-0.3, -0.25) is 4.79 Å². The molecule has 0 saturated carbocycles. The van der Waals surface area contributed by atoms with E-state index >= 15 is 0 Å². The second-order valence-corrected chi connectivity index (χ2v) is 4.64. The second-order valence-electron chi connectivity index (χ2n) is 4.23. The van der Waals surface area contributed by atoms with Crippen molar-refractivity contribution in [3.05, 3.63) is 61.1 Å². The van der Waals surface area contributed by atoms with Crippen molar-refractivity contribution in [2.45, 2.75) is 6.18 Å². The Hall–Kier alpha value is -2.62. The van der Waals surface area contributed by atoms with Crippen molar-refractivity contribution >= 4 is 17.8 Å². The molecule has 0 aliphatic rings. The molecule has 0 aliphatic carbocycles. The third kappa shape index (κ3) is 3.26. The summed E-state index contributed by atoms with van der Waals surface area (Å²) in [5.41, 5.74) is -5.15. The molecule has 6 nitrogen and oxygen atoms in total. The minimum absolute atomic E-state index is 0.0586. The van der Waals surface area contributed by atoms with Crippen molar-refractivity contribution in [1.29, 1.82) is 0 Å². The van der Waals surface area contributed by atoms with Crippen LogP contribution in [0.4, 0.5) is 17.6 Å². The number of benzene rings is 1. The first-order valence-electron chi connectivity index (χ1n) is 5.75. The molecule has 0 spiro atoms. The maximum atomic E-state index is 13.9. The highest BCUT2D eigenvalue weighted by atomic mass is 35.5. The number of aromatic amines is 1. The second kappa shape index (κ2) is 5.88. The predicted molar refractivity (Wildman–Crippen MR) is 72.0 cm³/mol. The number of oxime groups is 1. The molecule has 0 amide bonds. The molecular formula is C12H6ClF4N3O3. The summed E-state index contributed by atoms with van der Waals surface area (Å²) in [7, 11) is 0. The number of aromatic nitrogens is 2. The van der Waals surface area contributed by atoms with E-state index in [9.17, 15) is 27.2 Å².